The summed E-state index contributed by atoms with van der Waals surface area (Å²) in [5.41, 5.74) is 1.06. The second-order valence-corrected chi connectivity index (χ2v) is 5.21. The Morgan fingerprint density at radius 1 is 1.38 bits per heavy atom. The van der Waals surface area contributed by atoms with Crippen LogP contribution in [0, 0.1) is 9.49 Å². The lowest BCUT2D eigenvalue weighted by atomic mass is 9.83. The monoisotopic (exact) mass is 332 g/mol. The van der Waals surface area contributed by atoms with Crippen molar-refractivity contribution in [3.63, 3.8) is 0 Å². The third-order valence-corrected chi connectivity index (χ3v) is 3.69. The second-order valence-electron chi connectivity index (χ2n) is 3.97. The zero-order valence-electron chi connectivity index (χ0n) is 8.73. The average Bonchev–Trinajstić information content (AvgIpc) is 2.30. The van der Waals surface area contributed by atoms with Gasteiger partial charge in [0.05, 0.1) is 12.5 Å². The standard InChI is InChI=1S/C12H13IO3/c13-9-3-1-8(2-4-9)11-7-16-6-5-10(11)12(14)15/h1-4,10-11H,5-7H2,(H,14,15)/t10-,11-/m1/s1. The lowest BCUT2D eigenvalue weighted by Crippen LogP contribution is -2.31. The van der Waals surface area contributed by atoms with E-state index in [9.17, 15) is 4.79 Å². The fraction of sp³-hybridized carbons (Fsp3) is 0.417. The van der Waals surface area contributed by atoms with Crippen molar-refractivity contribution < 1.29 is 14.6 Å². The highest BCUT2D eigenvalue weighted by Gasteiger charge is 2.32. The van der Waals surface area contributed by atoms with E-state index in [1.54, 1.807) is 0 Å². The molecule has 2 rings (SSSR count). The third kappa shape index (κ3) is 2.55. The quantitative estimate of drug-likeness (QED) is 0.847. The summed E-state index contributed by atoms with van der Waals surface area (Å²) in [7, 11) is 0. The topological polar surface area (TPSA) is 46.5 Å². The van der Waals surface area contributed by atoms with Crippen LogP contribution >= 0.6 is 22.6 Å². The van der Waals surface area contributed by atoms with Crippen molar-refractivity contribution in [1.82, 2.24) is 0 Å². The van der Waals surface area contributed by atoms with Crippen molar-refractivity contribution in [3.05, 3.63) is 33.4 Å². The third-order valence-electron chi connectivity index (χ3n) is 2.97. The van der Waals surface area contributed by atoms with Gasteiger partial charge in [-0.1, -0.05) is 12.1 Å². The van der Waals surface area contributed by atoms with Crippen molar-refractivity contribution in [2.24, 2.45) is 5.92 Å². The maximum absolute atomic E-state index is 11.1. The minimum absolute atomic E-state index is 0.0109. The number of hydrogen-bond donors (Lipinski definition) is 1. The lowest BCUT2D eigenvalue weighted by Gasteiger charge is -2.28. The number of carbonyl (C=O) groups is 1. The number of halogens is 1. The molecule has 0 amide bonds. The summed E-state index contributed by atoms with van der Waals surface area (Å²) >= 11 is 2.24. The Morgan fingerprint density at radius 3 is 2.69 bits per heavy atom. The number of hydrogen-bond acceptors (Lipinski definition) is 2. The Bertz CT molecular complexity index is 374. The molecular weight excluding hydrogens is 319 g/mol. The molecule has 4 heteroatoms. The Kier molecular flexibility index (Phi) is 3.81. The normalized spacial score (nSPS) is 25.3. The molecule has 1 aromatic rings. The maximum Gasteiger partial charge on any atom is 0.307 e. The molecule has 1 fully saturated rings. The molecule has 0 spiro atoms. The number of ether oxygens (including phenoxy) is 1. The van der Waals surface area contributed by atoms with Crippen LogP contribution in [0.5, 0.6) is 0 Å². The molecule has 1 aromatic carbocycles. The van der Waals surface area contributed by atoms with Gasteiger partial charge in [-0.05, 0) is 46.7 Å². The molecule has 86 valence electrons. The number of carboxylic acids is 1. The minimum Gasteiger partial charge on any atom is -0.481 e. The fourth-order valence-corrected chi connectivity index (χ4v) is 2.43. The molecule has 16 heavy (non-hydrogen) atoms. The van der Waals surface area contributed by atoms with Gasteiger partial charge in [-0.3, -0.25) is 4.79 Å². The molecule has 0 saturated carbocycles. The lowest BCUT2D eigenvalue weighted by molar-refractivity contribution is -0.146. The largest absolute Gasteiger partial charge is 0.481 e. The molecule has 1 saturated heterocycles. The molecule has 0 unspecified atom stereocenters. The van der Waals surface area contributed by atoms with E-state index in [0.717, 1.165) is 9.13 Å². The smallest absolute Gasteiger partial charge is 0.307 e. The summed E-state index contributed by atoms with van der Waals surface area (Å²) in [6, 6.07) is 8.00. The fourth-order valence-electron chi connectivity index (χ4n) is 2.07. The molecule has 0 aliphatic carbocycles. The predicted octanol–water partition coefficient (Wildman–Crippen LogP) is 2.50. The van der Waals surface area contributed by atoms with Crippen LogP contribution in [0.1, 0.15) is 17.9 Å². The second kappa shape index (κ2) is 5.14. The number of rotatable bonds is 2. The van der Waals surface area contributed by atoms with Crippen LogP contribution < -0.4 is 0 Å². The van der Waals surface area contributed by atoms with Gasteiger partial charge < -0.3 is 9.84 Å². The van der Waals surface area contributed by atoms with E-state index >= 15 is 0 Å². The molecule has 0 bridgehead atoms. The molecule has 3 nitrogen and oxygen atoms in total. The maximum atomic E-state index is 11.1. The average molecular weight is 332 g/mol. The van der Waals surface area contributed by atoms with E-state index in [-0.39, 0.29) is 11.8 Å². The first-order valence-electron chi connectivity index (χ1n) is 5.24. The van der Waals surface area contributed by atoms with Crippen molar-refractivity contribution in [3.8, 4) is 0 Å². The SMILES string of the molecule is O=C(O)[C@@H]1CCOC[C@@H]1c1ccc(I)cc1. The van der Waals surface area contributed by atoms with Crippen LogP contribution in [0.15, 0.2) is 24.3 Å². The van der Waals surface area contributed by atoms with E-state index in [4.69, 9.17) is 9.84 Å². The first-order chi connectivity index (χ1) is 7.68. The van der Waals surface area contributed by atoms with E-state index in [1.165, 1.54) is 0 Å². The van der Waals surface area contributed by atoms with Crippen LogP contribution in [0.4, 0.5) is 0 Å². The molecule has 0 radical (unpaired) electrons. The zero-order chi connectivity index (χ0) is 11.5. The van der Waals surface area contributed by atoms with Crippen molar-refractivity contribution in [2.75, 3.05) is 13.2 Å². The molecule has 1 aliphatic rings. The van der Waals surface area contributed by atoms with Crippen molar-refractivity contribution in [2.45, 2.75) is 12.3 Å². The Hall–Kier alpha value is -0.620. The molecule has 0 aromatic heterocycles. The first-order valence-corrected chi connectivity index (χ1v) is 6.32. The zero-order valence-corrected chi connectivity index (χ0v) is 10.9. The van der Waals surface area contributed by atoms with Crippen LogP contribution in [0.2, 0.25) is 0 Å². The van der Waals surface area contributed by atoms with Crippen LogP contribution in [-0.4, -0.2) is 24.3 Å². The summed E-state index contributed by atoms with van der Waals surface area (Å²) in [6.07, 6.45) is 0.603. The van der Waals surface area contributed by atoms with Crippen LogP contribution in [0.3, 0.4) is 0 Å². The first kappa shape index (κ1) is 11.9. The highest BCUT2D eigenvalue weighted by Crippen LogP contribution is 2.31. The highest BCUT2D eigenvalue weighted by molar-refractivity contribution is 14.1. The molecule has 2 atom stereocenters. The summed E-state index contributed by atoms with van der Waals surface area (Å²) in [5, 5.41) is 9.17. The number of aliphatic carboxylic acids is 1. The summed E-state index contributed by atoms with van der Waals surface area (Å²) in [5.74, 6) is -1.04. The van der Waals surface area contributed by atoms with Gasteiger partial charge in [0, 0.05) is 16.1 Å². The van der Waals surface area contributed by atoms with Gasteiger partial charge in [0.1, 0.15) is 0 Å². The van der Waals surface area contributed by atoms with Crippen LogP contribution in [-0.2, 0) is 9.53 Å². The van der Waals surface area contributed by atoms with Gasteiger partial charge in [0.15, 0.2) is 0 Å². The molecule has 1 aliphatic heterocycles. The molecular formula is C12H13IO3. The van der Waals surface area contributed by atoms with Gasteiger partial charge in [-0.15, -0.1) is 0 Å². The Morgan fingerprint density at radius 2 is 2.06 bits per heavy atom. The predicted molar refractivity (Wildman–Crippen MR) is 68.5 cm³/mol. The number of carboxylic acid groups (broad SMARTS) is 1. The number of benzene rings is 1. The van der Waals surface area contributed by atoms with Crippen molar-refractivity contribution >= 4 is 28.6 Å². The highest BCUT2D eigenvalue weighted by atomic mass is 127. The van der Waals surface area contributed by atoms with E-state index in [1.807, 2.05) is 24.3 Å². The van der Waals surface area contributed by atoms with E-state index in [2.05, 4.69) is 22.6 Å². The summed E-state index contributed by atoms with van der Waals surface area (Å²) < 4.78 is 6.54. The van der Waals surface area contributed by atoms with E-state index in [0.29, 0.717) is 19.6 Å². The minimum atomic E-state index is -0.716. The van der Waals surface area contributed by atoms with Gasteiger partial charge in [0.2, 0.25) is 0 Å². The Labute approximate surface area is 108 Å². The molecule has 1 heterocycles. The molecule has 1 N–H and O–H groups in total. The van der Waals surface area contributed by atoms with Gasteiger partial charge in [-0.25, -0.2) is 0 Å². The van der Waals surface area contributed by atoms with Crippen molar-refractivity contribution in [1.29, 1.82) is 0 Å². The van der Waals surface area contributed by atoms with Gasteiger partial charge in [-0.2, -0.15) is 0 Å². The van der Waals surface area contributed by atoms with Gasteiger partial charge in [0.25, 0.3) is 0 Å². The summed E-state index contributed by atoms with van der Waals surface area (Å²) in [4.78, 5) is 11.1. The summed E-state index contributed by atoms with van der Waals surface area (Å²) in [6.45, 7) is 1.06. The van der Waals surface area contributed by atoms with E-state index < -0.39 is 5.97 Å². The van der Waals surface area contributed by atoms with Gasteiger partial charge >= 0.3 is 5.97 Å². The Balaban J connectivity index is 2.23. The van der Waals surface area contributed by atoms with Crippen LogP contribution in [0.25, 0.3) is 0 Å².